The van der Waals surface area contributed by atoms with E-state index in [4.69, 9.17) is 0 Å². The highest BCUT2D eigenvalue weighted by atomic mass is 35.5. The van der Waals surface area contributed by atoms with Crippen LogP contribution in [0.5, 0.6) is 0 Å². The molecule has 0 saturated carbocycles. The van der Waals surface area contributed by atoms with E-state index in [0.29, 0.717) is 5.92 Å². The summed E-state index contributed by atoms with van der Waals surface area (Å²) in [4.78, 5) is 14.5. The number of rotatable bonds is 5. The van der Waals surface area contributed by atoms with Crippen molar-refractivity contribution in [2.24, 2.45) is 5.92 Å². The molecule has 0 aliphatic carbocycles. The van der Waals surface area contributed by atoms with Gasteiger partial charge in [-0.05, 0) is 51.5 Å². The number of para-hydroxylation sites is 1. The molecule has 0 radical (unpaired) electrons. The molecule has 4 nitrogen and oxygen atoms in total. The number of carbonyl (C=O) groups is 1. The summed E-state index contributed by atoms with van der Waals surface area (Å²) < 4.78 is 0. The Labute approximate surface area is 127 Å². The number of hydrogen-bond acceptors (Lipinski definition) is 3. The van der Waals surface area contributed by atoms with E-state index in [0.717, 1.165) is 25.3 Å². The van der Waals surface area contributed by atoms with Crippen LogP contribution in [0.1, 0.15) is 13.3 Å². The maximum Gasteiger partial charge on any atom is 0.241 e. The van der Waals surface area contributed by atoms with Crippen molar-refractivity contribution in [3.05, 3.63) is 30.3 Å². The molecular formula is C15H24ClN3O. The second-order valence-electron chi connectivity index (χ2n) is 5.24. The van der Waals surface area contributed by atoms with Crippen molar-refractivity contribution in [2.75, 3.05) is 32.0 Å². The standard InChI is InChI=1S/C15H23N3O.ClH/c1-12(18-9-8-13(11-18)10-16-2)15(19)17-14-6-4-3-5-7-14;/h3-7,12-13,16H,8-11H2,1-2H3,(H,17,19);1H. The molecule has 0 aromatic heterocycles. The SMILES string of the molecule is CNCC1CCN(C(C)C(=O)Nc2ccccc2)C1.Cl. The fraction of sp³-hybridized carbons (Fsp3) is 0.533. The Kier molecular flexibility index (Phi) is 6.99. The molecule has 1 aromatic rings. The third-order valence-electron chi connectivity index (χ3n) is 3.78. The number of hydrogen-bond donors (Lipinski definition) is 2. The summed E-state index contributed by atoms with van der Waals surface area (Å²) in [5, 5.41) is 6.18. The molecule has 0 bridgehead atoms. The summed E-state index contributed by atoms with van der Waals surface area (Å²) in [5.74, 6) is 0.744. The molecule has 1 aliphatic rings. The van der Waals surface area contributed by atoms with E-state index in [1.165, 1.54) is 6.42 Å². The average Bonchev–Trinajstić information content (AvgIpc) is 2.88. The van der Waals surface area contributed by atoms with Gasteiger partial charge in [0, 0.05) is 12.2 Å². The molecule has 20 heavy (non-hydrogen) atoms. The molecule has 1 aliphatic heterocycles. The molecule has 2 atom stereocenters. The van der Waals surface area contributed by atoms with Crippen LogP contribution in [-0.2, 0) is 4.79 Å². The van der Waals surface area contributed by atoms with Crippen LogP contribution in [0.25, 0.3) is 0 Å². The Balaban J connectivity index is 0.00000200. The van der Waals surface area contributed by atoms with E-state index in [9.17, 15) is 4.79 Å². The summed E-state index contributed by atoms with van der Waals surface area (Å²) in [6.07, 6.45) is 1.17. The van der Waals surface area contributed by atoms with Crippen molar-refractivity contribution in [3.63, 3.8) is 0 Å². The predicted octanol–water partition coefficient (Wildman–Crippen LogP) is 1.98. The van der Waals surface area contributed by atoms with Gasteiger partial charge in [-0.1, -0.05) is 18.2 Å². The number of nitrogens with zero attached hydrogens (tertiary/aromatic N) is 1. The van der Waals surface area contributed by atoms with Crippen LogP contribution in [0.3, 0.4) is 0 Å². The number of halogens is 1. The molecule has 1 aromatic carbocycles. The number of benzene rings is 1. The Morgan fingerprint density at radius 1 is 1.40 bits per heavy atom. The van der Waals surface area contributed by atoms with E-state index in [2.05, 4.69) is 15.5 Å². The average molecular weight is 298 g/mol. The zero-order valence-corrected chi connectivity index (χ0v) is 13.0. The monoisotopic (exact) mass is 297 g/mol. The second kappa shape index (κ2) is 8.25. The zero-order chi connectivity index (χ0) is 13.7. The molecule has 2 unspecified atom stereocenters. The molecule has 1 saturated heterocycles. The van der Waals surface area contributed by atoms with Crippen LogP contribution < -0.4 is 10.6 Å². The van der Waals surface area contributed by atoms with Gasteiger partial charge in [-0.15, -0.1) is 12.4 Å². The van der Waals surface area contributed by atoms with Crippen LogP contribution >= 0.6 is 12.4 Å². The predicted molar refractivity (Wildman–Crippen MR) is 85.4 cm³/mol. The van der Waals surface area contributed by atoms with Crippen molar-refractivity contribution >= 4 is 24.0 Å². The minimum atomic E-state index is -0.0675. The quantitative estimate of drug-likeness (QED) is 0.873. The third-order valence-corrected chi connectivity index (χ3v) is 3.78. The smallest absolute Gasteiger partial charge is 0.241 e. The van der Waals surface area contributed by atoms with Crippen molar-refractivity contribution < 1.29 is 4.79 Å². The van der Waals surface area contributed by atoms with Gasteiger partial charge in [0.15, 0.2) is 0 Å². The normalized spacial score (nSPS) is 20.2. The first kappa shape index (κ1) is 17.0. The minimum absolute atomic E-state index is 0. The Morgan fingerprint density at radius 2 is 2.10 bits per heavy atom. The number of anilines is 1. The molecule has 0 spiro atoms. The summed E-state index contributed by atoms with van der Waals surface area (Å²) >= 11 is 0. The summed E-state index contributed by atoms with van der Waals surface area (Å²) in [7, 11) is 1.98. The molecule has 112 valence electrons. The van der Waals surface area contributed by atoms with Gasteiger partial charge < -0.3 is 10.6 Å². The van der Waals surface area contributed by atoms with Crippen molar-refractivity contribution in [2.45, 2.75) is 19.4 Å². The van der Waals surface area contributed by atoms with Crippen molar-refractivity contribution in [3.8, 4) is 0 Å². The molecule has 5 heteroatoms. The fourth-order valence-corrected chi connectivity index (χ4v) is 2.60. The third kappa shape index (κ3) is 4.47. The van der Waals surface area contributed by atoms with Gasteiger partial charge in [-0.3, -0.25) is 9.69 Å². The summed E-state index contributed by atoms with van der Waals surface area (Å²) in [6, 6.07) is 9.57. The van der Waals surface area contributed by atoms with E-state index in [1.807, 2.05) is 44.3 Å². The first-order valence-electron chi connectivity index (χ1n) is 6.95. The van der Waals surface area contributed by atoms with Gasteiger partial charge in [0.1, 0.15) is 0 Å². The molecule has 2 rings (SSSR count). The molecule has 2 N–H and O–H groups in total. The highest BCUT2D eigenvalue weighted by Gasteiger charge is 2.29. The van der Waals surface area contributed by atoms with Crippen molar-refractivity contribution in [1.82, 2.24) is 10.2 Å². The first-order chi connectivity index (χ1) is 9.20. The zero-order valence-electron chi connectivity index (χ0n) is 12.1. The molecule has 1 fully saturated rings. The van der Waals surface area contributed by atoms with Gasteiger partial charge in [-0.2, -0.15) is 0 Å². The maximum absolute atomic E-state index is 12.2. The lowest BCUT2D eigenvalue weighted by atomic mass is 10.1. The number of amides is 1. The van der Waals surface area contributed by atoms with Crippen LogP contribution in [0.2, 0.25) is 0 Å². The molecular weight excluding hydrogens is 274 g/mol. The number of carbonyl (C=O) groups excluding carboxylic acids is 1. The topological polar surface area (TPSA) is 44.4 Å². The minimum Gasteiger partial charge on any atom is -0.325 e. The van der Waals surface area contributed by atoms with E-state index in [-0.39, 0.29) is 24.4 Å². The Hall–Kier alpha value is -1.10. The van der Waals surface area contributed by atoms with Crippen LogP contribution in [0.15, 0.2) is 30.3 Å². The van der Waals surface area contributed by atoms with Gasteiger partial charge >= 0.3 is 0 Å². The van der Waals surface area contributed by atoms with Crippen molar-refractivity contribution in [1.29, 1.82) is 0 Å². The molecule has 1 heterocycles. The Morgan fingerprint density at radius 3 is 2.75 bits per heavy atom. The highest BCUT2D eigenvalue weighted by Crippen LogP contribution is 2.18. The lowest BCUT2D eigenvalue weighted by molar-refractivity contribution is -0.120. The number of nitrogens with one attached hydrogen (secondary N) is 2. The summed E-state index contributed by atoms with van der Waals surface area (Å²) in [6.45, 7) is 5.03. The van der Waals surface area contributed by atoms with Crippen LogP contribution in [0, 0.1) is 5.92 Å². The van der Waals surface area contributed by atoms with E-state index < -0.39 is 0 Å². The second-order valence-corrected chi connectivity index (χ2v) is 5.24. The molecule has 1 amide bonds. The van der Waals surface area contributed by atoms with E-state index in [1.54, 1.807) is 0 Å². The maximum atomic E-state index is 12.2. The van der Waals surface area contributed by atoms with Crippen LogP contribution in [0.4, 0.5) is 5.69 Å². The van der Waals surface area contributed by atoms with Gasteiger partial charge in [0.25, 0.3) is 0 Å². The lowest BCUT2D eigenvalue weighted by Gasteiger charge is -2.23. The summed E-state index contributed by atoms with van der Waals surface area (Å²) in [5.41, 5.74) is 0.866. The van der Waals surface area contributed by atoms with Gasteiger partial charge in [-0.25, -0.2) is 0 Å². The highest BCUT2D eigenvalue weighted by molar-refractivity contribution is 5.94. The lowest BCUT2D eigenvalue weighted by Crippen LogP contribution is -2.41. The number of likely N-dealkylation sites (tertiary alicyclic amines) is 1. The Bertz CT molecular complexity index is 413. The largest absolute Gasteiger partial charge is 0.325 e. The van der Waals surface area contributed by atoms with Crippen LogP contribution in [-0.4, -0.2) is 43.5 Å². The van der Waals surface area contributed by atoms with Gasteiger partial charge in [0.05, 0.1) is 6.04 Å². The van der Waals surface area contributed by atoms with Gasteiger partial charge in [0.2, 0.25) is 5.91 Å². The van der Waals surface area contributed by atoms with E-state index >= 15 is 0 Å². The fourth-order valence-electron chi connectivity index (χ4n) is 2.60. The first-order valence-corrected chi connectivity index (χ1v) is 6.95.